The lowest BCUT2D eigenvalue weighted by Crippen LogP contribution is -2.38. The van der Waals surface area contributed by atoms with Crippen molar-refractivity contribution in [3.63, 3.8) is 0 Å². The van der Waals surface area contributed by atoms with Crippen molar-refractivity contribution in [2.75, 3.05) is 0 Å². The zero-order valence-corrected chi connectivity index (χ0v) is 14.6. The van der Waals surface area contributed by atoms with Gasteiger partial charge in [0.2, 0.25) is 0 Å². The highest BCUT2D eigenvalue weighted by Gasteiger charge is 2.23. The van der Waals surface area contributed by atoms with Crippen molar-refractivity contribution in [1.29, 1.82) is 0 Å². The van der Waals surface area contributed by atoms with E-state index in [4.69, 9.17) is 0 Å². The summed E-state index contributed by atoms with van der Waals surface area (Å²) in [5.74, 6) is -0.0181. The van der Waals surface area contributed by atoms with Gasteiger partial charge >= 0.3 is 0 Å². The van der Waals surface area contributed by atoms with Crippen molar-refractivity contribution in [2.45, 2.75) is 45.2 Å². The van der Waals surface area contributed by atoms with Gasteiger partial charge in [0.15, 0.2) is 0 Å². The van der Waals surface area contributed by atoms with Crippen LogP contribution >= 0.6 is 0 Å². The molecular weight excluding hydrogens is 312 g/mol. The van der Waals surface area contributed by atoms with Crippen LogP contribution in [0.25, 0.3) is 10.8 Å². The summed E-state index contributed by atoms with van der Waals surface area (Å²) in [7, 11) is 0. The fourth-order valence-electron chi connectivity index (χ4n) is 3.39. The summed E-state index contributed by atoms with van der Waals surface area (Å²) < 4.78 is 2.02. The van der Waals surface area contributed by atoms with Gasteiger partial charge in [-0.15, -0.1) is 0 Å². The Balaban J connectivity index is 1.48. The molecule has 1 amide bonds. The fourth-order valence-corrected chi connectivity index (χ4v) is 3.39. The number of carbonyl (C=O) groups is 1. The molecule has 1 N–H and O–H groups in total. The first-order valence-corrected chi connectivity index (χ1v) is 8.81. The van der Waals surface area contributed by atoms with Crippen LogP contribution in [0.4, 0.5) is 0 Å². The predicted molar refractivity (Wildman–Crippen MR) is 97.6 cm³/mol. The lowest BCUT2D eigenvalue weighted by Gasteiger charge is -2.22. The molecule has 0 bridgehead atoms. The summed E-state index contributed by atoms with van der Waals surface area (Å²) in [6.45, 7) is 4.26. The van der Waals surface area contributed by atoms with E-state index in [-0.39, 0.29) is 11.9 Å². The van der Waals surface area contributed by atoms with Gasteiger partial charge in [-0.05, 0) is 55.8 Å². The lowest BCUT2D eigenvalue weighted by atomic mass is 9.93. The van der Waals surface area contributed by atoms with Crippen molar-refractivity contribution in [3.05, 3.63) is 59.7 Å². The van der Waals surface area contributed by atoms with E-state index in [0.717, 1.165) is 35.7 Å². The standard InChI is InChI=1S/C20H22N4O/c1-13(2)24-12-17-5-6-18(10-19(17)23-24)22-20(25)15-3-4-16-11-21-8-7-14(16)9-15/h3-4,7-9,11-13,18H,5-6,10H2,1-2H3,(H,22,25)/t18-/m0/s1. The molecule has 1 atom stereocenters. The smallest absolute Gasteiger partial charge is 0.251 e. The summed E-state index contributed by atoms with van der Waals surface area (Å²) in [6.07, 6.45) is 8.44. The third-order valence-corrected chi connectivity index (χ3v) is 4.86. The van der Waals surface area contributed by atoms with Gasteiger partial charge in [0.05, 0.1) is 5.69 Å². The molecule has 25 heavy (non-hydrogen) atoms. The molecule has 5 heteroatoms. The minimum Gasteiger partial charge on any atom is -0.349 e. The van der Waals surface area contributed by atoms with Gasteiger partial charge in [-0.25, -0.2) is 0 Å². The number of carbonyl (C=O) groups excluding carboxylic acids is 1. The number of benzene rings is 1. The van der Waals surface area contributed by atoms with Crippen LogP contribution in [0.15, 0.2) is 42.9 Å². The normalized spacial score (nSPS) is 16.8. The van der Waals surface area contributed by atoms with Gasteiger partial charge in [0, 0.05) is 48.0 Å². The monoisotopic (exact) mass is 334 g/mol. The van der Waals surface area contributed by atoms with Gasteiger partial charge in [-0.1, -0.05) is 6.07 Å². The number of aryl methyl sites for hydroxylation is 1. The minimum absolute atomic E-state index is 0.0181. The summed E-state index contributed by atoms with van der Waals surface area (Å²) in [6, 6.07) is 8.17. The first kappa shape index (κ1) is 15.8. The molecule has 2 heterocycles. The summed E-state index contributed by atoms with van der Waals surface area (Å²) in [5.41, 5.74) is 3.13. The van der Waals surface area contributed by atoms with E-state index in [9.17, 15) is 4.79 Å². The van der Waals surface area contributed by atoms with Gasteiger partial charge < -0.3 is 5.32 Å². The maximum absolute atomic E-state index is 12.6. The average molecular weight is 334 g/mol. The molecule has 128 valence electrons. The molecule has 3 aromatic rings. The van der Waals surface area contributed by atoms with Crippen molar-refractivity contribution >= 4 is 16.7 Å². The summed E-state index contributed by atoms with van der Waals surface area (Å²) in [4.78, 5) is 16.7. The predicted octanol–water partition coefficient (Wildman–Crippen LogP) is 3.30. The molecule has 1 aliphatic rings. The van der Waals surface area contributed by atoms with E-state index in [1.54, 1.807) is 6.20 Å². The number of fused-ring (bicyclic) bond motifs is 2. The largest absolute Gasteiger partial charge is 0.349 e. The Kier molecular flexibility index (Phi) is 3.99. The van der Waals surface area contributed by atoms with Crippen molar-refractivity contribution < 1.29 is 4.79 Å². The van der Waals surface area contributed by atoms with E-state index in [1.165, 1.54) is 5.56 Å². The van der Waals surface area contributed by atoms with Gasteiger partial charge in [0.25, 0.3) is 5.91 Å². The molecule has 0 fully saturated rings. The highest BCUT2D eigenvalue weighted by Crippen LogP contribution is 2.22. The first-order valence-electron chi connectivity index (χ1n) is 8.81. The van der Waals surface area contributed by atoms with E-state index in [1.807, 2.05) is 35.1 Å². The second kappa shape index (κ2) is 6.31. The number of hydrogen-bond acceptors (Lipinski definition) is 3. The Morgan fingerprint density at radius 2 is 2.16 bits per heavy atom. The summed E-state index contributed by atoms with van der Waals surface area (Å²) >= 11 is 0. The van der Waals surface area contributed by atoms with Crippen LogP contribution in [-0.4, -0.2) is 26.7 Å². The van der Waals surface area contributed by atoms with Crippen LogP contribution < -0.4 is 5.32 Å². The minimum atomic E-state index is -0.0181. The highest BCUT2D eigenvalue weighted by atomic mass is 16.1. The van der Waals surface area contributed by atoms with Crippen LogP contribution in [0, 0.1) is 0 Å². The van der Waals surface area contributed by atoms with E-state index in [0.29, 0.717) is 11.6 Å². The molecule has 0 spiro atoms. The maximum atomic E-state index is 12.6. The van der Waals surface area contributed by atoms with Crippen LogP contribution in [0.5, 0.6) is 0 Å². The molecule has 0 saturated heterocycles. The average Bonchev–Trinajstić information content (AvgIpc) is 3.05. The molecule has 5 nitrogen and oxygen atoms in total. The van der Waals surface area contributed by atoms with Gasteiger partial charge in [-0.2, -0.15) is 5.10 Å². The Morgan fingerprint density at radius 1 is 1.28 bits per heavy atom. The second-order valence-electron chi connectivity index (χ2n) is 7.03. The Labute approximate surface area is 147 Å². The van der Waals surface area contributed by atoms with Crippen molar-refractivity contribution in [1.82, 2.24) is 20.1 Å². The topological polar surface area (TPSA) is 59.8 Å². The number of hydrogen-bond donors (Lipinski definition) is 1. The number of aromatic nitrogens is 3. The zero-order chi connectivity index (χ0) is 17.4. The Bertz CT molecular complexity index is 928. The van der Waals surface area contributed by atoms with E-state index in [2.05, 4.69) is 35.4 Å². The van der Waals surface area contributed by atoms with Crippen LogP contribution in [0.3, 0.4) is 0 Å². The lowest BCUT2D eigenvalue weighted by molar-refractivity contribution is 0.0933. The number of amides is 1. The summed E-state index contributed by atoms with van der Waals surface area (Å²) in [5, 5.41) is 9.93. The molecular formula is C20H22N4O. The van der Waals surface area contributed by atoms with Crippen molar-refractivity contribution in [3.8, 4) is 0 Å². The molecule has 4 rings (SSSR count). The maximum Gasteiger partial charge on any atom is 0.251 e. The van der Waals surface area contributed by atoms with Crippen LogP contribution in [-0.2, 0) is 12.8 Å². The second-order valence-corrected chi connectivity index (χ2v) is 7.03. The third kappa shape index (κ3) is 3.14. The first-order chi connectivity index (χ1) is 12.1. The molecule has 0 unspecified atom stereocenters. The number of pyridine rings is 1. The fraction of sp³-hybridized carbons (Fsp3) is 0.350. The van der Waals surface area contributed by atoms with Gasteiger partial charge in [0.1, 0.15) is 0 Å². The Hall–Kier alpha value is -2.69. The number of nitrogens with one attached hydrogen (secondary N) is 1. The third-order valence-electron chi connectivity index (χ3n) is 4.86. The van der Waals surface area contributed by atoms with Crippen LogP contribution in [0.1, 0.15) is 47.9 Å². The van der Waals surface area contributed by atoms with Crippen molar-refractivity contribution in [2.24, 2.45) is 0 Å². The number of rotatable bonds is 3. The highest BCUT2D eigenvalue weighted by molar-refractivity contribution is 5.98. The molecule has 0 radical (unpaired) electrons. The van der Waals surface area contributed by atoms with E-state index >= 15 is 0 Å². The molecule has 1 aliphatic carbocycles. The molecule has 0 aliphatic heterocycles. The SMILES string of the molecule is CC(C)n1cc2c(n1)C[C@@H](NC(=O)c1ccc3cnccc3c1)CC2. The zero-order valence-electron chi connectivity index (χ0n) is 14.6. The molecule has 2 aromatic heterocycles. The van der Waals surface area contributed by atoms with Gasteiger partial charge in [-0.3, -0.25) is 14.5 Å². The quantitative estimate of drug-likeness (QED) is 0.799. The van der Waals surface area contributed by atoms with Crippen LogP contribution in [0.2, 0.25) is 0 Å². The molecule has 0 saturated carbocycles. The Morgan fingerprint density at radius 3 is 3.00 bits per heavy atom. The van der Waals surface area contributed by atoms with E-state index < -0.39 is 0 Å². The number of nitrogens with zero attached hydrogens (tertiary/aromatic N) is 3. The molecule has 1 aromatic carbocycles.